The third kappa shape index (κ3) is 5.63. The Bertz CT molecular complexity index is 933. The lowest BCUT2D eigenvalue weighted by Crippen LogP contribution is -2.04. The maximum atomic E-state index is 9.63. The van der Waals surface area contributed by atoms with Crippen LogP contribution in [-0.2, 0) is 0 Å². The highest BCUT2D eigenvalue weighted by atomic mass is 16.5. The Labute approximate surface area is 163 Å². The molecule has 7 heteroatoms. The molecular formula is C21H23N3O4. The summed E-state index contributed by atoms with van der Waals surface area (Å²) < 4.78 is 10.1. The fourth-order valence-electron chi connectivity index (χ4n) is 2.39. The first-order chi connectivity index (χ1) is 13.5. The lowest BCUT2D eigenvalue weighted by atomic mass is 10.1. The van der Waals surface area contributed by atoms with Crippen molar-refractivity contribution in [1.29, 1.82) is 5.41 Å². The quantitative estimate of drug-likeness (QED) is 0.316. The number of benzene rings is 2. The van der Waals surface area contributed by atoms with Crippen molar-refractivity contribution >= 4 is 23.6 Å². The highest BCUT2D eigenvalue weighted by Crippen LogP contribution is 2.27. The number of phenolic OH excluding ortho intramolecular Hbond substituents is 2. The Kier molecular flexibility index (Phi) is 7.21. The van der Waals surface area contributed by atoms with Gasteiger partial charge in [-0.1, -0.05) is 24.3 Å². The van der Waals surface area contributed by atoms with E-state index in [1.165, 1.54) is 26.4 Å². The van der Waals surface area contributed by atoms with Gasteiger partial charge < -0.3 is 30.9 Å². The molecule has 0 fully saturated rings. The van der Waals surface area contributed by atoms with Gasteiger partial charge in [-0.2, -0.15) is 5.10 Å². The number of nitrogens with two attached hydrogens (primary N) is 1. The number of hydrazone groups is 1. The molecule has 5 N–H and O–H groups in total. The normalized spacial score (nSPS) is 11.9. The Balaban J connectivity index is 2.03. The molecular weight excluding hydrogens is 358 g/mol. The first-order valence-corrected chi connectivity index (χ1v) is 8.41. The fourth-order valence-corrected chi connectivity index (χ4v) is 2.39. The maximum absolute atomic E-state index is 9.63. The first-order valence-electron chi connectivity index (χ1n) is 8.41. The summed E-state index contributed by atoms with van der Waals surface area (Å²) in [4.78, 5) is 0. The molecule has 0 saturated heterocycles. The summed E-state index contributed by atoms with van der Waals surface area (Å²) in [5.41, 5.74) is 2.42. The maximum Gasteiger partial charge on any atom is 0.161 e. The third-order valence-electron chi connectivity index (χ3n) is 3.89. The second-order valence-electron chi connectivity index (χ2n) is 5.85. The molecule has 146 valence electrons. The van der Waals surface area contributed by atoms with Crippen molar-refractivity contribution < 1.29 is 19.7 Å². The monoisotopic (exact) mass is 381 g/mol. The van der Waals surface area contributed by atoms with Crippen LogP contribution in [0.1, 0.15) is 17.5 Å². The van der Waals surface area contributed by atoms with Gasteiger partial charge in [0, 0.05) is 12.1 Å². The molecule has 2 rings (SSSR count). The van der Waals surface area contributed by atoms with Crippen LogP contribution >= 0.6 is 0 Å². The summed E-state index contributed by atoms with van der Waals surface area (Å²) in [7, 11) is 2.96. The van der Waals surface area contributed by atoms with Crippen LogP contribution in [0.4, 0.5) is 0 Å². The lowest BCUT2D eigenvalue weighted by Gasteiger charge is -2.04. The molecule has 0 aliphatic heterocycles. The number of allylic oxidation sites excluding steroid dienone is 2. The molecule has 2 aromatic rings. The summed E-state index contributed by atoms with van der Waals surface area (Å²) >= 11 is 0. The summed E-state index contributed by atoms with van der Waals surface area (Å²) in [6, 6.07) is 9.88. The molecule has 0 unspecified atom stereocenters. The van der Waals surface area contributed by atoms with Gasteiger partial charge in [0.05, 0.1) is 19.9 Å². The van der Waals surface area contributed by atoms with E-state index in [2.05, 4.69) is 5.10 Å². The molecule has 28 heavy (non-hydrogen) atoms. The Hall–Kier alpha value is -3.74. The minimum atomic E-state index is 0.0586. The van der Waals surface area contributed by atoms with E-state index in [1.54, 1.807) is 48.6 Å². The van der Waals surface area contributed by atoms with Crippen LogP contribution in [0.25, 0.3) is 12.2 Å². The number of phenols is 2. The molecule has 0 spiro atoms. The smallest absolute Gasteiger partial charge is 0.161 e. The zero-order valence-corrected chi connectivity index (χ0v) is 15.7. The van der Waals surface area contributed by atoms with Crippen molar-refractivity contribution in [2.24, 2.45) is 10.9 Å². The molecule has 0 heterocycles. The Morgan fingerprint density at radius 2 is 1.46 bits per heavy atom. The minimum absolute atomic E-state index is 0.0586. The van der Waals surface area contributed by atoms with Crippen molar-refractivity contribution in [2.45, 2.75) is 6.42 Å². The zero-order valence-electron chi connectivity index (χ0n) is 15.7. The largest absolute Gasteiger partial charge is 0.504 e. The number of ether oxygens (including phenoxy) is 2. The van der Waals surface area contributed by atoms with E-state index >= 15 is 0 Å². The van der Waals surface area contributed by atoms with E-state index in [9.17, 15) is 10.2 Å². The molecule has 0 atom stereocenters. The zero-order chi connectivity index (χ0) is 20.5. The summed E-state index contributed by atoms with van der Waals surface area (Å²) in [6.45, 7) is 0. The minimum Gasteiger partial charge on any atom is -0.504 e. The number of methoxy groups -OCH3 is 2. The van der Waals surface area contributed by atoms with Crippen LogP contribution in [0.5, 0.6) is 23.0 Å². The van der Waals surface area contributed by atoms with E-state index < -0.39 is 0 Å². The van der Waals surface area contributed by atoms with Gasteiger partial charge in [0.15, 0.2) is 23.0 Å². The number of nitrogens with one attached hydrogen (secondary N) is 1. The van der Waals surface area contributed by atoms with Crippen LogP contribution in [0, 0.1) is 5.41 Å². The second-order valence-corrected chi connectivity index (χ2v) is 5.85. The standard InChI is InChI=1S/C21H23N3O4/c1-27-20-11-14(5-9-18(20)25)3-7-16(22)13-17(24-23)8-4-15-6-10-19(26)21(12-15)28-2/h3-12,22,25-26H,13,23H2,1-2H3/b7-3+,8-4+,22-16?,24-17?. The molecule has 0 amide bonds. The van der Waals surface area contributed by atoms with Crippen LogP contribution in [-0.4, -0.2) is 35.9 Å². The number of rotatable bonds is 8. The third-order valence-corrected chi connectivity index (χ3v) is 3.89. The molecule has 0 bridgehead atoms. The van der Waals surface area contributed by atoms with Gasteiger partial charge in [-0.05, 0) is 47.5 Å². The Morgan fingerprint density at radius 3 is 1.93 bits per heavy atom. The molecule has 0 aliphatic carbocycles. The van der Waals surface area contributed by atoms with E-state index in [0.29, 0.717) is 22.9 Å². The summed E-state index contributed by atoms with van der Waals surface area (Å²) in [5, 5.41) is 31.1. The van der Waals surface area contributed by atoms with Gasteiger partial charge >= 0.3 is 0 Å². The van der Waals surface area contributed by atoms with Crippen LogP contribution in [0.15, 0.2) is 53.7 Å². The topological polar surface area (TPSA) is 121 Å². The van der Waals surface area contributed by atoms with Crippen molar-refractivity contribution in [3.05, 3.63) is 59.7 Å². The molecule has 2 aromatic carbocycles. The van der Waals surface area contributed by atoms with Crippen molar-refractivity contribution in [1.82, 2.24) is 0 Å². The summed E-state index contributed by atoms with van der Waals surface area (Å²) in [6.07, 6.45) is 7.10. The number of nitrogens with zero attached hydrogens (tertiary/aromatic N) is 1. The SMILES string of the molecule is COc1cc(/C=C/C(=N)CC(/C=C/c2ccc(O)c(OC)c2)=NN)ccc1O. The first kappa shape index (κ1) is 20.6. The van der Waals surface area contributed by atoms with Crippen LogP contribution < -0.4 is 15.3 Å². The molecule has 0 radical (unpaired) electrons. The average Bonchev–Trinajstić information content (AvgIpc) is 2.71. The van der Waals surface area contributed by atoms with Crippen LogP contribution in [0.3, 0.4) is 0 Å². The molecule has 0 saturated carbocycles. The van der Waals surface area contributed by atoms with Crippen LogP contribution in [0.2, 0.25) is 0 Å². The van der Waals surface area contributed by atoms with Gasteiger partial charge in [-0.15, -0.1) is 0 Å². The summed E-state index contributed by atoms with van der Waals surface area (Å²) in [5.74, 6) is 6.29. The van der Waals surface area contributed by atoms with E-state index in [0.717, 1.165) is 11.1 Å². The predicted octanol–water partition coefficient (Wildman–Crippen LogP) is 3.57. The van der Waals surface area contributed by atoms with Crippen molar-refractivity contribution in [3.63, 3.8) is 0 Å². The number of hydrogen-bond donors (Lipinski definition) is 4. The highest BCUT2D eigenvalue weighted by molar-refractivity contribution is 6.14. The highest BCUT2D eigenvalue weighted by Gasteiger charge is 2.03. The molecule has 0 aliphatic rings. The number of hydrogen-bond acceptors (Lipinski definition) is 7. The fraction of sp³-hybridized carbons (Fsp3) is 0.143. The lowest BCUT2D eigenvalue weighted by molar-refractivity contribution is 0.373. The van der Waals surface area contributed by atoms with E-state index in [4.69, 9.17) is 20.7 Å². The van der Waals surface area contributed by atoms with Gasteiger partial charge in [0.1, 0.15) is 0 Å². The number of aromatic hydroxyl groups is 2. The van der Waals surface area contributed by atoms with Crippen molar-refractivity contribution in [2.75, 3.05) is 14.2 Å². The Morgan fingerprint density at radius 1 is 0.964 bits per heavy atom. The van der Waals surface area contributed by atoms with E-state index in [1.807, 2.05) is 0 Å². The molecule has 7 nitrogen and oxygen atoms in total. The van der Waals surface area contributed by atoms with Gasteiger partial charge in [-0.25, -0.2) is 0 Å². The van der Waals surface area contributed by atoms with Gasteiger partial charge in [0.2, 0.25) is 0 Å². The van der Waals surface area contributed by atoms with Gasteiger partial charge in [0.25, 0.3) is 0 Å². The van der Waals surface area contributed by atoms with E-state index in [-0.39, 0.29) is 17.9 Å². The second kappa shape index (κ2) is 9.82. The predicted molar refractivity (Wildman–Crippen MR) is 111 cm³/mol. The van der Waals surface area contributed by atoms with Gasteiger partial charge in [-0.3, -0.25) is 0 Å². The average molecular weight is 381 g/mol. The van der Waals surface area contributed by atoms with Crippen molar-refractivity contribution in [3.8, 4) is 23.0 Å². The molecule has 0 aromatic heterocycles.